The molecule has 0 spiro atoms. The second-order valence-corrected chi connectivity index (χ2v) is 17.2. The number of allylic oxidation sites excluding steroid dienone is 6. The van der Waals surface area contributed by atoms with Gasteiger partial charge in [0.2, 0.25) is 5.91 Å². The summed E-state index contributed by atoms with van der Waals surface area (Å²) in [4.78, 5) is 13.1. The van der Waals surface area contributed by atoms with E-state index in [1.54, 1.807) is 0 Å². The summed E-state index contributed by atoms with van der Waals surface area (Å²) in [6.07, 6.45) is 22.1. The molecule has 9 N–H and O–H groups in total. The maximum Gasteiger partial charge on any atom is 0.220 e. The molecule has 0 saturated carbocycles. The average molecular weight is 886 g/mol. The lowest BCUT2D eigenvalue weighted by atomic mass is 9.97. The van der Waals surface area contributed by atoms with E-state index in [1.807, 2.05) is 0 Å². The van der Waals surface area contributed by atoms with Crippen molar-refractivity contribution < 1.29 is 64.6 Å². The summed E-state index contributed by atoms with van der Waals surface area (Å²) >= 11 is 0. The van der Waals surface area contributed by atoms with Gasteiger partial charge in [-0.15, -0.1) is 0 Å². The Morgan fingerprint density at radius 3 is 1.63 bits per heavy atom. The number of rotatable bonds is 36. The van der Waals surface area contributed by atoms with Gasteiger partial charge in [0.05, 0.1) is 32.0 Å². The Hall–Kier alpha value is -1.79. The minimum Gasteiger partial charge on any atom is -0.394 e. The Morgan fingerprint density at radius 1 is 0.581 bits per heavy atom. The van der Waals surface area contributed by atoms with Gasteiger partial charge in [0.1, 0.15) is 48.8 Å². The van der Waals surface area contributed by atoms with Gasteiger partial charge in [-0.1, -0.05) is 147 Å². The third-order valence-electron chi connectivity index (χ3n) is 11.9. The number of carbonyl (C=O) groups is 1. The largest absolute Gasteiger partial charge is 0.394 e. The summed E-state index contributed by atoms with van der Waals surface area (Å²) in [7, 11) is 0. The summed E-state index contributed by atoms with van der Waals surface area (Å²) in [6.45, 7) is 2.71. The van der Waals surface area contributed by atoms with Gasteiger partial charge < -0.3 is 65.1 Å². The molecule has 2 aliphatic rings. The molecule has 2 aliphatic heterocycles. The first-order chi connectivity index (χ1) is 30.1. The molecule has 2 heterocycles. The van der Waals surface area contributed by atoms with Crippen molar-refractivity contribution in [2.45, 2.75) is 242 Å². The molecule has 362 valence electrons. The molecular weight excluding hydrogens is 799 g/mol. The first kappa shape index (κ1) is 56.3. The Kier molecular flexibility index (Phi) is 32.2. The van der Waals surface area contributed by atoms with Crippen LogP contribution in [0.25, 0.3) is 0 Å². The van der Waals surface area contributed by atoms with E-state index in [4.69, 9.17) is 18.9 Å². The molecule has 2 saturated heterocycles. The Balaban J connectivity index is 1.71. The molecule has 0 aromatic heterocycles. The average Bonchev–Trinajstić information content (AvgIpc) is 3.27. The minimum absolute atomic E-state index is 0.223. The van der Waals surface area contributed by atoms with E-state index in [2.05, 4.69) is 55.6 Å². The number of aliphatic hydroxyl groups is 8. The first-order valence-electron chi connectivity index (χ1n) is 24.2. The van der Waals surface area contributed by atoms with E-state index >= 15 is 0 Å². The van der Waals surface area contributed by atoms with Crippen molar-refractivity contribution in [3.8, 4) is 0 Å². The van der Waals surface area contributed by atoms with Gasteiger partial charge in [0.25, 0.3) is 0 Å². The highest BCUT2D eigenvalue weighted by atomic mass is 16.7. The predicted molar refractivity (Wildman–Crippen MR) is 240 cm³/mol. The molecule has 1 amide bonds. The van der Waals surface area contributed by atoms with Gasteiger partial charge in [-0.05, 0) is 51.4 Å². The minimum atomic E-state index is -1.78. The van der Waals surface area contributed by atoms with Crippen molar-refractivity contribution in [1.82, 2.24) is 5.32 Å². The smallest absolute Gasteiger partial charge is 0.220 e. The lowest BCUT2D eigenvalue weighted by molar-refractivity contribution is -0.359. The van der Waals surface area contributed by atoms with Crippen LogP contribution in [0.1, 0.15) is 168 Å². The zero-order chi connectivity index (χ0) is 45.4. The molecule has 0 aromatic rings. The van der Waals surface area contributed by atoms with E-state index in [1.165, 1.54) is 64.2 Å². The van der Waals surface area contributed by atoms with E-state index in [0.717, 1.165) is 70.6 Å². The van der Waals surface area contributed by atoms with Gasteiger partial charge in [-0.3, -0.25) is 4.79 Å². The van der Waals surface area contributed by atoms with Crippen molar-refractivity contribution in [2.24, 2.45) is 0 Å². The second kappa shape index (κ2) is 35.5. The van der Waals surface area contributed by atoms with E-state index in [-0.39, 0.29) is 12.5 Å². The standard InChI is InChI=1S/C48H87NO13/c1-3-5-7-9-10-11-12-13-14-15-16-17-18-19-20-21-22-23-24-25-26-28-30-32-40(53)49-36(37(52)31-29-27-8-6-4-2)35-59-47-45(58)43(56)46(39(34-51)61-47)62-48-44(57)42(55)41(54)38(33-50)60-48/h12-13,15-16,18-19,36-39,41-48,50-52,54-58H,3-11,14,17,20-35H2,1-2H3,(H,49,53)/b13-12-,16-15-,19-18-. The van der Waals surface area contributed by atoms with Crippen molar-refractivity contribution in [1.29, 1.82) is 0 Å². The van der Waals surface area contributed by atoms with Crippen molar-refractivity contribution in [3.05, 3.63) is 36.5 Å². The quantitative estimate of drug-likeness (QED) is 0.0279. The zero-order valence-electron chi connectivity index (χ0n) is 38.1. The SMILES string of the molecule is CCCCCCC/C=C\C/C=C\C/C=C\CCCCCCCCCCC(=O)NC(COC1OC(CO)C(OC2OC(CO)C(O)C(O)C2O)C(O)C1O)C(O)CCCCCCC. The maximum absolute atomic E-state index is 13.1. The second-order valence-electron chi connectivity index (χ2n) is 17.2. The number of nitrogens with one attached hydrogen (secondary N) is 1. The van der Waals surface area contributed by atoms with Crippen LogP contribution in [0.4, 0.5) is 0 Å². The van der Waals surface area contributed by atoms with Crippen LogP contribution in [0.3, 0.4) is 0 Å². The highest BCUT2D eigenvalue weighted by molar-refractivity contribution is 5.76. The molecule has 0 radical (unpaired) electrons. The molecule has 0 bridgehead atoms. The Bertz CT molecular complexity index is 1190. The van der Waals surface area contributed by atoms with Crippen LogP contribution >= 0.6 is 0 Å². The van der Waals surface area contributed by atoms with E-state index in [9.17, 15) is 45.6 Å². The normalized spacial score (nSPS) is 28.0. The van der Waals surface area contributed by atoms with Gasteiger partial charge in [-0.2, -0.15) is 0 Å². The number of carbonyl (C=O) groups excluding carboxylic acids is 1. The molecule has 0 aromatic carbocycles. The highest BCUT2D eigenvalue weighted by Crippen LogP contribution is 2.30. The third kappa shape index (κ3) is 22.9. The van der Waals surface area contributed by atoms with Crippen molar-refractivity contribution in [3.63, 3.8) is 0 Å². The number of hydrogen-bond acceptors (Lipinski definition) is 13. The topological polar surface area (TPSA) is 228 Å². The highest BCUT2D eigenvalue weighted by Gasteiger charge is 2.51. The molecule has 14 heteroatoms. The molecule has 12 unspecified atom stereocenters. The molecule has 0 aliphatic carbocycles. The van der Waals surface area contributed by atoms with Crippen LogP contribution in [-0.4, -0.2) is 140 Å². The van der Waals surface area contributed by atoms with E-state index in [0.29, 0.717) is 19.3 Å². The van der Waals surface area contributed by atoms with Gasteiger partial charge >= 0.3 is 0 Å². The van der Waals surface area contributed by atoms with E-state index < -0.39 is 86.8 Å². The third-order valence-corrected chi connectivity index (χ3v) is 11.9. The number of ether oxygens (including phenoxy) is 4. The summed E-state index contributed by atoms with van der Waals surface area (Å²) in [5.41, 5.74) is 0. The number of aliphatic hydroxyl groups excluding tert-OH is 8. The Labute approximate surface area is 372 Å². The van der Waals surface area contributed by atoms with Gasteiger partial charge in [0.15, 0.2) is 12.6 Å². The fourth-order valence-electron chi connectivity index (χ4n) is 7.83. The summed E-state index contributed by atoms with van der Waals surface area (Å²) in [5, 5.41) is 86.2. The molecule has 2 fully saturated rings. The van der Waals surface area contributed by atoms with Crippen LogP contribution in [0.15, 0.2) is 36.5 Å². The molecule has 14 nitrogen and oxygen atoms in total. The summed E-state index contributed by atoms with van der Waals surface area (Å²) in [6, 6.07) is -0.828. The number of unbranched alkanes of at least 4 members (excludes halogenated alkanes) is 17. The van der Waals surface area contributed by atoms with Crippen molar-refractivity contribution >= 4 is 5.91 Å². The fraction of sp³-hybridized carbons (Fsp3) is 0.854. The monoisotopic (exact) mass is 886 g/mol. The van der Waals surface area contributed by atoms with Crippen LogP contribution < -0.4 is 5.32 Å². The van der Waals surface area contributed by atoms with Crippen LogP contribution in [0.2, 0.25) is 0 Å². The van der Waals surface area contributed by atoms with Gasteiger partial charge in [0, 0.05) is 6.42 Å². The lowest BCUT2D eigenvalue weighted by Gasteiger charge is -2.46. The number of hydrogen-bond donors (Lipinski definition) is 9. The first-order valence-corrected chi connectivity index (χ1v) is 24.2. The lowest BCUT2D eigenvalue weighted by Crippen LogP contribution is -2.65. The zero-order valence-corrected chi connectivity index (χ0v) is 38.1. The number of amides is 1. The van der Waals surface area contributed by atoms with Crippen LogP contribution in [0.5, 0.6) is 0 Å². The Morgan fingerprint density at radius 2 is 1.06 bits per heavy atom. The summed E-state index contributed by atoms with van der Waals surface area (Å²) in [5.74, 6) is -0.223. The molecule has 2 rings (SSSR count). The van der Waals surface area contributed by atoms with Crippen LogP contribution in [-0.2, 0) is 23.7 Å². The van der Waals surface area contributed by atoms with Crippen molar-refractivity contribution in [2.75, 3.05) is 19.8 Å². The summed E-state index contributed by atoms with van der Waals surface area (Å²) < 4.78 is 22.6. The molecule has 12 atom stereocenters. The predicted octanol–water partition coefficient (Wildman–Crippen LogP) is 5.54. The van der Waals surface area contributed by atoms with Gasteiger partial charge in [-0.25, -0.2) is 0 Å². The molecular formula is C48H87NO13. The maximum atomic E-state index is 13.1. The fourth-order valence-corrected chi connectivity index (χ4v) is 7.83. The van der Waals surface area contributed by atoms with Crippen LogP contribution in [0, 0.1) is 0 Å². The molecule has 62 heavy (non-hydrogen) atoms.